The first kappa shape index (κ1) is 11.9. The van der Waals surface area contributed by atoms with Crippen molar-refractivity contribution >= 4 is 16.9 Å². The Morgan fingerprint density at radius 1 is 1.05 bits per heavy atom. The van der Waals surface area contributed by atoms with Gasteiger partial charge in [0.05, 0.1) is 5.39 Å². The summed E-state index contributed by atoms with van der Waals surface area (Å²) >= 11 is 0. The van der Waals surface area contributed by atoms with Gasteiger partial charge in [-0.25, -0.2) is 9.97 Å². The first-order chi connectivity index (χ1) is 9.84. The van der Waals surface area contributed by atoms with E-state index in [0.29, 0.717) is 11.5 Å². The third-order valence-electron chi connectivity index (χ3n) is 4.31. The summed E-state index contributed by atoms with van der Waals surface area (Å²) in [6.07, 6.45) is 7.79. The highest BCUT2D eigenvalue weighted by atomic mass is 15.2. The minimum Gasteiger partial charge on any atom is -0.356 e. The molecule has 104 valence electrons. The van der Waals surface area contributed by atoms with Crippen LogP contribution in [0.3, 0.4) is 0 Å². The molecule has 0 atom stereocenters. The molecule has 1 N–H and O–H groups in total. The monoisotopic (exact) mass is 269 g/mol. The molecule has 1 saturated carbocycles. The topological polar surface area (TPSA) is 57.8 Å². The van der Waals surface area contributed by atoms with Crippen LogP contribution in [0.25, 0.3) is 11.0 Å². The number of rotatable bonds is 2. The molecule has 0 amide bonds. The van der Waals surface area contributed by atoms with Crippen molar-refractivity contribution in [2.45, 2.75) is 38.1 Å². The number of hydrogen-bond donors (Lipinski definition) is 1. The van der Waals surface area contributed by atoms with E-state index in [2.05, 4.69) is 19.4 Å². The van der Waals surface area contributed by atoms with Crippen LogP contribution in [0.5, 0.6) is 0 Å². The van der Waals surface area contributed by atoms with Crippen molar-refractivity contribution in [1.82, 2.24) is 14.5 Å². The second-order valence-corrected chi connectivity index (χ2v) is 5.80. The highest BCUT2D eigenvalue weighted by molar-refractivity contribution is 5.87. The predicted molar refractivity (Wildman–Crippen MR) is 77.7 cm³/mol. The average molecular weight is 269 g/mol. The highest BCUT2D eigenvalue weighted by Crippen LogP contribution is 2.36. The van der Waals surface area contributed by atoms with Crippen LogP contribution >= 0.6 is 0 Å². The van der Waals surface area contributed by atoms with Crippen LogP contribution < -0.4 is 10.4 Å². The second-order valence-electron chi connectivity index (χ2n) is 5.80. The molecule has 20 heavy (non-hydrogen) atoms. The molecule has 1 aliphatic heterocycles. The summed E-state index contributed by atoms with van der Waals surface area (Å²) in [5, 5.41) is 9.22. The molecule has 1 saturated heterocycles. The van der Waals surface area contributed by atoms with Crippen LogP contribution in [0.1, 0.15) is 38.1 Å². The molecule has 0 unspecified atom stereocenters. The van der Waals surface area contributed by atoms with Gasteiger partial charge in [-0.2, -0.15) is 0 Å². The van der Waals surface area contributed by atoms with E-state index in [1.54, 1.807) is 6.33 Å². The Morgan fingerprint density at radius 3 is 2.60 bits per heavy atom. The van der Waals surface area contributed by atoms with Gasteiger partial charge in [0, 0.05) is 19.1 Å². The van der Waals surface area contributed by atoms with Crippen molar-refractivity contribution in [3.05, 3.63) is 23.9 Å². The Morgan fingerprint density at radius 2 is 1.85 bits per heavy atom. The number of fused-ring (bicyclic) bond motifs is 1. The molecular formula is C15H19N5. The fourth-order valence-corrected chi connectivity index (χ4v) is 3.14. The van der Waals surface area contributed by atoms with E-state index >= 15 is 0 Å². The fourth-order valence-electron chi connectivity index (χ4n) is 3.14. The Balaban J connectivity index is 1.90. The van der Waals surface area contributed by atoms with E-state index in [1.165, 1.54) is 32.1 Å². The van der Waals surface area contributed by atoms with Gasteiger partial charge < -0.3 is 9.47 Å². The molecule has 2 fully saturated rings. The maximum atomic E-state index is 8.13. The van der Waals surface area contributed by atoms with Crippen LogP contribution in [-0.4, -0.2) is 27.6 Å². The third-order valence-corrected chi connectivity index (χ3v) is 4.31. The molecule has 4 rings (SSSR count). The van der Waals surface area contributed by atoms with E-state index in [1.807, 2.05) is 12.1 Å². The molecule has 5 heteroatoms. The molecular weight excluding hydrogens is 250 g/mol. The smallest absolute Gasteiger partial charge is 0.147 e. The maximum Gasteiger partial charge on any atom is 0.147 e. The molecule has 2 aromatic heterocycles. The van der Waals surface area contributed by atoms with Crippen LogP contribution in [0.4, 0.5) is 5.82 Å². The Hall–Kier alpha value is -1.91. The van der Waals surface area contributed by atoms with E-state index in [0.717, 1.165) is 29.9 Å². The summed E-state index contributed by atoms with van der Waals surface area (Å²) in [5.74, 6) is 1.05. The van der Waals surface area contributed by atoms with Crippen LogP contribution in [-0.2, 0) is 0 Å². The Kier molecular flexibility index (Phi) is 2.72. The first-order valence-electron chi connectivity index (χ1n) is 7.50. The molecule has 3 heterocycles. The van der Waals surface area contributed by atoms with Gasteiger partial charge in [-0.3, -0.25) is 5.41 Å². The minimum atomic E-state index is 0.468. The van der Waals surface area contributed by atoms with Gasteiger partial charge in [0.15, 0.2) is 0 Å². The van der Waals surface area contributed by atoms with Crippen molar-refractivity contribution in [3.8, 4) is 0 Å². The summed E-state index contributed by atoms with van der Waals surface area (Å²) in [7, 11) is 0. The van der Waals surface area contributed by atoms with Gasteiger partial charge in [-0.05, 0) is 44.2 Å². The lowest BCUT2D eigenvalue weighted by Gasteiger charge is -2.28. The average Bonchev–Trinajstić information content (AvgIpc) is 3.32. The van der Waals surface area contributed by atoms with Crippen molar-refractivity contribution in [2.24, 2.45) is 0 Å². The number of nitrogens with one attached hydrogen (secondary N) is 1. The zero-order valence-corrected chi connectivity index (χ0v) is 11.5. The SMILES string of the molecule is N=c1ccc2c(N3CCCCC3)ncnc2n1C1CC1. The number of anilines is 1. The predicted octanol–water partition coefficient (Wildman–Crippen LogP) is 2.24. The molecule has 2 aliphatic rings. The Bertz CT molecular complexity index is 695. The van der Waals surface area contributed by atoms with Crippen LogP contribution in [0.15, 0.2) is 18.5 Å². The van der Waals surface area contributed by atoms with Gasteiger partial charge in [0.25, 0.3) is 0 Å². The van der Waals surface area contributed by atoms with Gasteiger partial charge in [-0.1, -0.05) is 0 Å². The summed E-state index contributed by atoms with van der Waals surface area (Å²) < 4.78 is 2.07. The van der Waals surface area contributed by atoms with Gasteiger partial charge in [-0.15, -0.1) is 0 Å². The minimum absolute atomic E-state index is 0.468. The van der Waals surface area contributed by atoms with Crippen molar-refractivity contribution in [2.75, 3.05) is 18.0 Å². The maximum absolute atomic E-state index is 8.13. The lowest BCUT2D eigenvalue weighted by molar-refractivity contribution is 0.574. The van der Waals surface area contributed by atoms with Crippen LogP contribution in [0.2, 0.25) is 0 Å². The van der Waals surface area contributed by atoms with Crippen LogP contribution in [0, 0.1) is 5.41 Å². The number of hydrogen-bond acceptors (Lipinski definition) is 4. The van der Waals surface area contributed by atoms with Gasteiger partial charge in [0.2, 0.25) is 0 Å². The van der Waals surface area contributed by atoms with Crippen molar-refractivity contribution < 1.29 is 0 Å². The lowest BCUT2D eigenvalue weighted by atomic mass is 10.1. The summed E-state index contributed by atoms with van der Waals surface area (Å²) in [6, 6.07) is 4.37. The number of pyridine rings is 1. The van der Waals surface area contributed by atoms with Gasteiger partial charge in [0.1, 0.15) is 23.3 Å². The normalized spacial score (nSPS) is 19.5. The molecule has 0 aromatic carbocycles. The third kappa shape index (κ3) is 1.88. The molecule has 0 spiro atoms. The summed E-state index contributed by atoms with van der Waals surface area (Å²) in [6.45, 7) is 2.16. The molecule has 2 aromatic rings. The molecule has 0 bridgehead atoms. The van der Waals surface area contributed by atoms with E-state index < -0.39 is 0 Å². The van der Waals surface area contributed by atoms with E-state index in [4.69, 9.17) is 5.41 Å². The second kappa shape index (κ2) is 4.58. The Labute approximate surface area is 117 Å². The zero-order chi connectivity index (χ0) is 13.5. The summed E-state index contributed by atoms with van der Waals surface area (Å²) in [5.41, 5.74) is 1.49. The molecule has 0 radical (unpaired) electrons. The summed E-state index contributed by atoms with van der Waals surface area (Å²) in [4.78, 5) is 11.4. The standard InChI is InChI=1S/C15H19N5/c16-13-7-6-12-14(19-8-2-1-3-9-19)17-10-18-15(12)20(13)11-4-5-11/h6-7,10-11,16H,1-5,8-9H2. The van der Waals surface area contributed by atoms with Crippen molar-refractivity contribution in [3.63, 3.8) is 0 Å². The largest absolute Gasteiger partial charge is 0.356 e. The van der Waals surface area contributed by atoms with Gasteiger partial charge >= 0.3 is 0 Å². The lowest BCUT2D eigenvalue weighted by Crippen LogP contribution is -2.31. The fraction of sp³-hybridized carbons (Fsp3) is 0.533. The van der Waals surface area contributed by atoms with E-state index in [9.17, 15) is 0 Å². The van der Waals surface area contributed by atoms with Crippen molar-refractivity contribution in [1.29, 1.82) is 5.41 Å². The number of nitrogens with zero attached hydrogens (tertiary/aromatic N) is 4. The highest BCUT2D eigenvalue weighted by Gasteiger charge is 2.26. The quantitative estimate of drug-likeness (QED) is 0.909. The number of piperidine rings is 1. The molecule has 5 nitrogen and oxygen atoms in total. The zero-order valence-electron chi connectivity index (χ0n) is 11.5. The van der Waals surface area contributed by atoms with E-state index in [-0.39, 0.29) is 0 Å². The first-order valence-corrected chi connectivity index (χ1v) is 7.50. The molecule has 1 aliphatic carbocycles. The number of aromatic nitrogens is 3.